The summed E-state index contributed by atoms with van der Waals surface area (Å²) in [6.07, 6.45) is 1.07. The largest absolute Gasteiger partial charge is 0.463 e. The van der Waals surface area contributed by atoms with Crippen LogP contribution >= 0.6 is 0 Å². The molecule has 0 unspecified atom stereocenters. The number of hydrogen-bond donors (Lipinski definition) is 0. The van der Waals surface area contributed by atoms with E-state index >= 15 is 0 Å². The molecule has 0 aliphatic carbocycles. The Morgan fingerprint density at radius 3 is 2.45 bits per heavy atom. The van der Waals surface area contributed by atoms with Gasteiger partial charge in [-0.2, -0.15) is 0 Å². The van der Waals surface area contributed by atoms with Gasteiger partial charge in [-0.25, -0.2) is 4.79 Å². The number of esters is 1. The zero-order valence-electron chi connectivity index (χ0n) is 5.92. The summed E-state index contributed by atoms with van der Waals surface area (Å²) in [7, 11) is 0. The number of allylic oxidation sites excluding steroid dienone is 1. The van der Waals surface area contributed by atoms with Gasteiger partial charge in [-0.05, 0) is 6.92 Å². The van der Waals surface area contributed by atoms with E-state index < -0.39 is 5.97 Å². The molecule has 0 rings (SSSR count). The predicted octanol–water partition coefficient (Wildman–Crippen LogP) is 0.307. The van der Waals surface area contributed by atoms with Crippen molar-refractivity contribution in [2.24, 2.45) is 0 Å². The van der Waals surface area contributed by atoms with Crippen molar-refractivity contribution in [2.45, 2.75) is 6.92 Å². The second-order valence-corrected chi connectivity index (χ2v) is 1.63. The first-order valence-corrected chi connectivity index (χ1v) is 2.74. The molecule has 0 spiro atoms. The van der Waals surface area contributed by atoms with Gasteiger partial charge in [0.25, 0.3) is 0 Å². The monoisotopic (exact) mass is 168 g/mol. The normalized spacial score (nSPS) is 7.36. The highest BCUT2D eigenvalue weighted by molar-refractivity contribution is 5.81. The molecule has 0 aromatic heterocycles. The van der Waals surface area contributed by atoms with Gasteiger partial charge in [0.15, 0.2) is 0 Å². The number of rotatable bonds is 4. The molecule has 0 atom stereocenters. The van der Waals surface area contributed by atoms with Crippen molar-refractivity contribution in [1.82, 2.24) is 0 Å². The van der Waals surface area contributed by atoms with Crippen LogP contribution in [0.2, 0.25) is 0 Å². The zero-order chi connectivity index (χ0) is 7.98. The number of hydrogen-bond acceptors (Lipinski definition) is 3. The second kappa shape index (κ2) is 7.62. The lowest BCUT2D eigenvalue weighted by molar-refractivity contribution is -0.146. The fraction of sp³-hybridized carbons (Fsp3) is 0.286. The lowest BCUT2D eigenvalue weighted by atomic mass is 10.7. The molecule has 0 N–H and O–H groups in total. The van der Waals surface area contributed by atoms with Crippen molar-refractivity contribution in [3.63, 3.8) is 0 Å². The zero-order valence-corrected chi connectivity index (χ0v) is 5.92. The molecule has 0 saturated carbocycles. The maximum atomic E-state index is 10.3. The average molecular weight is 168 g/mol. The van der Waals surface area contributed by atoms with Crippen molar-refractivity contribution in [3.05, 3.63) is 25.0 Å². The topological polar surface area (TPSA) is 35.5 Å². The Labute approximate surface area is 82.2 Å². The van der Waals surface area contributed by atoms with Crippen LogP contribution in [-0.4, -0.2) is 35.8 Å². The maximum Gasteiger partial charge on any atom is 0.333 e. The van der Waals surface area contributed by atoms with E-state index in [0.29, 0.717) is 5.76 Å². The molecule has 0 aromatic carbocycles. The fourth-order valence-corrected chi connectivity index (χ4v) is 0.247. The van der Waals surface area contributed by atoms with Crippen LogP contribution in [0.25, 0.3) is 0 Å². The van der Waals surface area contributed by atoms with E-state index in [1.54, 1.807) is 6.92 Å². The third kappa shape index (κ3) is 9.52. The van der Waals surface area contributed by atoms with Gasteiger partial charge in [-0.15, -0.1) is 0 Å². The first-order valence-electron chi connectivity index (χ1n) is 2.74. The molecule has 0 bridgehead atoms. The summed E-state index contributed by atoms with van der Waals surface area (Å²) in [5.41, 5.74) is 0. The molecule has 0 heterocycles. The van der Waals surface area contributed by atoms with E-state index in [1.165, 1.54) is 0 Å². The summed E-state index contributed by atoms with van der Waals surface area (Å²) in [6.45, 7) is 8.22. The minimum absolute atomic E-state index is 0. The van der Waals surface area contributed by atoms with Crippen LogP contribution in [-0.2, 0) is 14.3 Å². The third-order valence-corrected chi connectivity index (χ3v) is 0.673. The van der Waals surface area contributed by atoms with Crippen LogP contribution in [0.4, 0.5) is 0 Å². The van der Waals surface area contributed by atoms with E-state index in [4.69, 9.17) is 4.74 Å². The lowest BCUT2D eigenvalue weighted by Gasteiger charge is -2.03. The standard InChI is InChI=1S/C7H10O3.Mg.2H/c1-4-7(8)10-5-9-6(2)3;;;/h4H,1-2,5H2,3H3;;;. The van der Waals surface area contributed by atoms with Gasteiger partial charge in [0.1, 0.15) is 0 Å². The highest BCUT2D eigenvalue weighted by Gasteiger charge is 1.92. The van der Waals surface area contributed by atoms with Crippen LogP contribution in [0, 0.1) is 0 Å². The molecule has 0 aliphatic heterocycles. The van der Waals surface area contributed by atoms with E-state index in [9.17, 15) is 4.79 Å². The summed E-state index contributed by atoms with van der Waals surface area (Å²) >= 11 is 0. The van der Waals surface area contributed by atoms with Crippen molar-refractivity contribution in [3.8, 4) is 0 Å². The number of carbonyl (C=O) groups excluding carboxylic acids is 1. The third-order valence-electron chi connectivity index (χ3n) is 0.673. The molecule has 0 aromatic rings. The summed E-state index contributed by atoms with van der Waals surface area (Å²) in [5, 5.41) is 0. The quantitative estimate of drug-likeness (QED) is 0.199. The molecule has 0 amide bonds. The summed E-state index contributed by atoms with van der Waals surface area (Å²) in [5.74, 6) is 0.0121. The first-order chi connectivity index (χ1) is 4.66. The SMILES string of the molecule is C=CC(=O)OCOC(=C)C.[MgH2]. The molecule has 0 aliphatic rings. The second-order valence-electron chi connectivity index (χ2n) is 1.63. The Morgan fingerprint density at radius 1 is 1.55 bits per heavy atom. The van der Waals surface area contributed by atoms with Crippen LogP contribution in [0.1, 0.15) is 6.92 Å². The molecular weight excluding hydrogens is 156 g/mol. The fourth-order valence-electron chi connectivity index (χ4n) is 0.247. The van der Waals surface area contributed by atoms with Crippen LogP contribution in [0.15, 0.2) is 25.0 Å². The van der Waals surface area contributed by atoms with Crippen molar-refractivity contribution >= 4 is 29.0 Å². The van der Waals surface area contributed by atoms with E-state index in [-0.39, 0.29) is 29.8 Å². The molecule has 0 saturated heterocycles. The minimum Gasteiger partial charge on any atom is -0.463 e. The van der Waals surface area contributed by atoms with Gasteiger partial charge >= 0.3 is 29.0 Å². The lowest BCUT2D eigenvalue weighted by Crippen LogP contribution is -2.03. The Bertz CT molecular complexity index is 154. The van der Waals surface area contributed by atoms with Crippen molar-refractivity contribution in [1.29, 1.82) is 0 Å². The minimum atomic E-state index is -0.499. The van der Waals surface area contributed by atoms with Crippen molar-refractivity contribution < 1.29 is 14.3 Å². The number of carbonyl (C=O) groups is 1. The Morgan fingerprint density at radius 2 is 2.09 bits per heavy atom. The molecule has 0 fully saturated rings. The van der Waals surface area contributed by atoms with E-state index in [0.717, 1.165) is 6.08 Å². The van der Waals surface area contributed by atoms with Gasteiger partial charge in [0.05, 0.1) is 5.76 Å². The molecule has 60 valence electrons. The van der Waals surface area contributed by atoms with E-state index in [2.05, 4.69) is 17.9 Å². The first kappa shape index (κ1) is 13.1. The predicted molar refractivity (Wildman–Crippen MR) is 45.6 cm³/mol. The molecule has 3 nitrogen and oxygen atoms in total. The van der Waals surface area contributed by atoms with Crippen LogP contribution < -0.4 is 0 Å². The van der Waals surface area contributed by atoms with Gasteiger partial charge in [-0.1, -0.05) is 13.2 Å². The summed E-state index contributed by atoms with van der Waals surface area (Å²) < 4.78 is 9.19. The molecule has 11 heavy (non-hydrogen) atoms. The van der Waals surface area contributed by atoms with Gasteiger partial charge in [0, 0.05) is 6.08 Å². The number of ether oxygens (including phenoxy) is 2. The van der Waals surface area contributed by atoms with Crippen molar-refractivity contribution in [2.75, 3.05) is 6.79 Å². The highest BCUT2D eigenvalue weighted by atomic mass is 24.3. The Balaban J connectivity index is 0. The smallest absolute Gasteiger partial charge is 0.333 e. The van der Waals surface area contributed by atoms with Gasteiger partial charge in [0.2, 0.25) is 6.79 Å². The van der Waals surface area contributed by atoms with Gasteiger partial charge < -0.3 is 9.47 Å². The van der Waals surface area contributed by atoms with E-state index in [1.807, 2.05) is 0 Å². The maximum absolute atomic E-state index is 10.3. The molecule has 4 heteroatoms. The van der Waals surface area contributed by atoms with Crippen LogP contribution in [0.5, 0.6) is 0 Å². The molecular formula is C7H12MgO3. The highest BCUT2D eigenvalue weighted by Crippen LogP contribution is 1.90. The Hall–Kier alpha value is -0.484. The van der Waals surface area contributed by atoms with Gasteiger partial charge in [-0.3, -0.25) is 0 Å². The molecule has 0 radical (unpaired) electrons. The summed E-state index contributed by atoms with van der Waals surface area (Å²) in [4.78, 5) is 10.3. The Kier molecular flexibility index (Phi) is 9.10. The summed E-state index contributed by atoms with van der Waals surface area (Å²) in [6, 6.07) is 0. The van der Waals surface area contributed by atoms with Crippen LogP contribution in [0.3, 0.4) is 0 Å². The average Bonchev–Trinajstić information content (AvgIpc) is 1.87.